The monoisotopic (exact) mass is 456 g/mol. The third kappa shape index (κ3) is 4.94. The van der Waals surface area contributed by atoms with Crippen molar-refractivity contribution in [1.29, 1.82) is 0 Å². The fraction of sp³-hybridized carbons (Fsp3) is 0.316. The van der Waals surface area contributed by atoms with Crippen LogP contribution in [0.25, 0.3) is 0 Å². The van der Waals surface area contributed by atoms with E-state index in [2.05, 4.69) is 21.2 Å². The molecule has 0 saturated carbocycles. The molecule has 1 unspecified atom stereocenters. The van der Waals surface area contributed by atoms with Crippen LogP contribution in [0.4, 0.5) is 4.39 Å². The molecule has 27 heavy (non-hydrogen) atoms. The van der Waals surface area contributed by atoms with Crippen molar-refractivity contribution >= 4 is 31.9 Å². The van der Waals surface area contributed by atoms with Gasteiger partial charge in [-0.2, -0.15) is 4.31 Å². The molecule has 0 fully saturated rings. The number of rotatable bonds is 7. The number of sulfonamides is 1. The molecular formula is C19H22BrFN2O3S. The Morgan fingerprint density at radius 3 is 2.30 bits per heavy atom. The Morgan fingerprint density at radius 1 is 1.15 bits per heavy atom. The molecule has 2 aromatic rings. The van der Waals surface area contributed by atoms with Gasteiger partial charge >= 0.3 is 0 Å². The summed E-state index contributed by atoms with van der Waals surface area (Å²) < 4.78 is 40.3. The molecule has 1 atom stereocenters. The van der Waals surface area contributed by atoms with Crippen LogP contribution in [-0.2, 0) is 10.0 Å². The van der Waals surface area contributed by atoms with Gasteiger partial charge in [0, 0.05) is 17.6 Å². The van der Waals surface area contributed by atoms with Crippen LogP contribution < -0.4 is 5.32 Å². The molecule has 2 rings (SSSR count). The maximum atomic E-state index is 13.4. The van der Waals surface area contributed by atoms with E-state index in [1.165, 1.54) is 28.6 Å². The average molecular weight is 457 g/mol. The molecule has 0 saturated heterocycles. The van der Waals surface area contributed by atoms with Gasteiger partial charge in [0.1, 0.15) is 5.82 Å². The number of nitrogens with zero attached hydrogens (tertiary/aromatic N) is 1. The highest BCUT2D eigenvalue weighted by atomic mass is 79.9. The predicted octanol–water partition coefficient (Wildman–Crippen LogP) is 4.11. The highest BCUT2D eigenvalue weighted by Crippen LogP contribution is 2.22. The first-order chi connectivity index (χ1) is 12.7. The van der Waals surface area contributed by atoms with Crippen molar-refractivity contribution in [2.75, 3.05) is 13.1 Å². The molecule has 0 aliphatic heterocycles. The Kier molecular flexibility index (Phi) is 7.13. The minimum Gasteiger partial charge on any atom is -0.345 e. The lowest BCUT2D eigenvalue weighted by atomic mass is 10.1. The number of benzene rings is 2. The van der Waals surface area contributed by atoms with E-state index in [0.717, 1.165) is 11.6 Å². The summed E-state index contributed by atoms with van der Waals surface area (Å²) >= 11 is 3.24. The van der Waals surface area contributed by atoms with Crippen LogP contribution in [0.15, 0.2) is 51.8 Å². The number of hydrogen-bond acceptors (Lipinski definition) is 3. The molecule has 2 aromatic carbocycles. The van der Waals surface area contributed by atoms with E-state index < -0.39 is 21.7 Å². The molecule has 5 nitrogen and oxygen atoms in total. The SMILES string of the molecule is CCN(CC)S(=O)(=O)c1ccc(C(C)NC(=O)c2cc(F)ccc2Br)cc1. The van der Waals surface area contributed by atoms with E-state index in [4.69, 9.17) is 0 Å². The van der Waals surface area contributed by atoms with E-state index in [-0.39, 0.29) is 16.5 Å². The standard InChI is InChI=1S/C19H22BrFN2O3S/c1-4-23(5-2)27(25,26)16-9-6-14(7-10-16)13(3)22-19(24)17-12-15(21)8-11-18(17)20/h6-13H,4-5H2,1-3H3,(H,22,24). The van der Waals surface area contributed by atoms with E-state index in [9.17, 15) is 17.6 Å². The summed E-state index contributed by atoms with van der Waals surface area (Å²) in [5, 5.41) is 2.79. The molecule has 0 spiro atoms. The lowest BCUT2D eigenvalue weighted by Crippen LogP contribution is -2.30. The van der Waals surface area contributed by atoms with E-state index in [1.54, 1.807) is 32.9 Å². The Bertz CT molecular complexity index is 913. The maximum Gasteiger partial charge on any atom is 0.253 e. The van der Waals surface area contributed by atoms with Crippen LogP contribution in [0.2, 0.25) is 0 Å². The van der Waals surface area contributed by atoms with Gasteiger partial charge in [0.05, 0.1) is 16.5 Å². The van der Waals surface area contributed by atoms with Crippen molar-refractivity contribution in [3.63, 3.8) is 0 Å². The van der Waals surface area contributed by atoms with Gasteiger partial charge in [-0.15, -0.1) is 0 Å². The molecule has 0 aliphatic carbocycles. The lowest BCUT2D eigenvalue weighted by Gasteiger charge is -2.19. The second-order valence-corrected chi connectivity index (χ2v) is 8.77. The molecule has 0 bridgehead atoms. The number of nitrogens with one attached hydrogen (secondary N) is 1. The minimum absolute atomic E-state index is 0.197. The van der Waals surface area contributed by atoms with Gasteiger partial charge in [-0.3, -0.25) is 4.79 Å². The van der Waals surface area contributed by atoms with Gasteiger partial charge in [-0.1, -0.05) is 26.0 Å². The summed E-state index contributed by atoms with van der Waals surface area (Å²) in [7, 11) is -3.52. The van der Waals surface area contributed by atoms with Crippen LogP contribution in [0.1, 0.15) is 42.7 Å². The molecular weight excluding hydrogens is 435 g/mol. The number of carbonyl (C=O) groups excluding carboxylic acids is 1. The number of halogens is 2. The van der Waals surface area contributed by atoms with Gasteiger partial charge in [0.2, 0.25) is 10.0 Å². The van der Waals surface area contributed by atoms with E-state index in [0.29, 0.717) is 17.6 Å². The molecule has 1 amide bonds. The first kappa shape index (κ1) is 21.5. The lowest BCUT2D eigenvalue weighted by molar-refractivity contribution is 0.0938. The normalized spacial score (nSPS) is 12.8. The van der Waals surface area contributed by atoms with Gasteiger partial charge in [-0.05, 0) is 58.7 Å². The van der Waals surface area contributed by atoms with Gasteiger partial charge in [0.25, 0.3) is 5.91 Å². The molecule has 8 heteroatoms. The van der Waals surface area contributed by atoms with Crippen LogP contribution in [0.3, 0.4) is 0 Å². The Balaban J connectivity index is 2.17. The summed E-state index contributed by atoms with van der Waals surface area (Å²) in [6.45, 7) is 6.15. The number of carbonyl (C=O) groups is 1. The van der Waals surface area contributed by atoms with Gasteiger partial charge in [-0.25, -0.2) is 12.8 Å². The summed E-state index contributed by atoms with van der Waals surface area (Å²) in [6, 6.07) is 9.92. The van der Waals surface area contributed by atoms with Crippen LogP contribution >= 0.6 is 15.9 Å². The molecule has 1 N–H and O–H groups in total. The Morgan fingerprint density at radius 2 is 1.74 bits per heavy atom. The topological polar surface area (TPSA) is 66.5 Å². The third-order valence-electron chi connectivity index (χ3n) is 4.24. The number of amides is 1. The summed E-state index contributed by atoms with van der Waals surface area (Å²) in [5.41, 5.74) is 0.942. The van der Waals surface area contributed by atoms with Crippen molar-refractivity contribution in [3.8, 4) is 0 Å². The third-order valence-corrected chi connectivity index (χ3v) is 7.00. The zero-order valence-electron chi connectivity index (χ0n) is 15.4. The predicted molar refractivity (Wildman–Crippen MR) is 107 cm³/mol. The second kappa shape index (κ2) is 8.95. The molecule has 0 radical (unpaired) electrons. The largest absolute Gasteiger partial charge is 0.345 e. The highest BCUT2D eigenvalue weighted by molar-refractivity contribution is 9.10. The van der Waals surface area contributed by atoms with Crippen molar-refractivity contribution < 1.29 is 17.6 Å². The second-order valence-electron chi connectivity index (χ2n) is 5.98. The van der Waals surface area contributed by atoms with Crippen LogP contribution in [0.5, 0.6) is 0 Å². The fourth-order valence-electron chi connectivity index (χ4n) is 2.67. The fourth-order valence-corrected chi connectivity index (χ4v) is 4.55. The van der Waals surface area contributed by atoms with Crippen molar-refractivity contribution in [1.82, 2.24) is 9.62 Å². The maximum absolute atomic E-state index is 13.4. The first-order valence-corrected chi connectivity index (χ1v) is 10.8. The first-order valence-electron chi connectivity index (χ1n) is 8.56. The van der Waals surface area contributed by atoms with Crippen molar-refractivity contribution in [2.24, 2.45) is 0 Å². The molecule has 0 aliphatic rings. The molecule has 146 valence electrons. The summed E-state index contributed by atoms with van der Waals surface area (Å²) in [4.78, 5) is 12.6. The smallest absolute Gasteiger partial charge is 0.253 e. The van der Waals surface area contributed by atoms with E-state index >= 15 is 0 Å². The van der Waals surface area contributed by atoms with Gasteiger partial charge in [0.15, 0.2) is 0 Å². The highest BCUT2D eigenvalue weighted by Gasteiger charge is 2.22. The zero-order chi connectivity index (χ0) is 20.2. The van der Waals surface area contributed by atoms with E-state index in [1.807, 2.05) is 0 Å². The quantitative estimate of drug-likeness (QED) is 0.681. The molecule has 0 heterocycles. The van der Waals surface area contributed by atoms with Crippen LogP contribution in [0, 0.1) is 5.82 Å². The summed E-state index contributed by atoms with van der Waals surface area (Å²) in [5.74, 6) is -0.921. The van der Waals surface area contributed by atoms with Gasteiger partial charge < -0.3 is 5.32 Å². The Hall–Kier alpha value is -1.77. The average Bonchev–Trinajstić information content (AvgIpc) is 2.64. The van der Waals surface area contributed by atoms with Crippen LogP contribution in [-0.4, -0.2) is 31.7 Å². The van der Waals surface area contributed by atoms with Crippen molar-refractivity contribution in [3.05, 3.63) is 63.9 Å². The summed E-state index contributed by atoms with van der Waals surface area (Å²) in [6.07, 6.45) is 0. The minimum atomic E-state index is -3.52. The zero-order valence-corrected chi connectivity index (χ0v) is 17.8. The number of hydrogen-bond donors (Lipinski definition) is 1. The Labute approximate surface area is 167 Å². The molecule has 0 aromatic heterocycles. The van der Waals surface area contributed by atoms with Crippen molar-refractivity contribution in [2.45, 2.75) is 31.7 Å².